The molecule has 0 aromatic carbocycles. The molecule has 0 amide bonds. The number of hydrogen-bond donors (Lipinski definition) is 3. The standard InChI is InChI=1S/C12H20N2O4S/c1-2-13-8-10-4-5-11(18-10)19(16,17)14-12(9-15)6-3-7-12/h4-5,13-15H,2-3,6-9H2,1H3. The van der Waals surface area contributed by atoms with E-state index >= 15 is 0 Å². The minimum Gasteiger partial charge on any atom is -0.447 e. The highest BCUT2D eigenvalue weighted by atomic mass is 32.2. The van der Waals surface area contributed by atoms with Crippen LogP contribution >= 0.6 is 0 Å². The van der Waals surface area contributed by atoms with Crippen LogP contribution in [0.4, 0.5) is 0 Å². The normalized spacial score (nSPS) is 18.2. The molecule has 1 aromatic rings. The minimum atomic E-state index is -3.70. The van der Waals surface area contributed by atoms with Crippen molar-refractivity contribution in [3.63, 3.8) is 0 Å². The van der Waals surface area contributed by atoms with Gasteiger partial charge >= 0.3 is 0 Å². The SMILES string of the molecule is CCNCc1ccc(S(=O)(=O)NC2(CO)CCC2)o1. The van der Waals surface area contributed by atoms with Gasteiger partial charge in [-0.05, 0) is 37.9 Å². The summed E-state index contributed by atoms with van der Waals surface area (Å²) in [5.74, 6) is 0.578. The summed E-state index contributed by atoms with van der Waals surface area (Å²) in [6.45, 7) is 3.06. The zero-order valence-corrected chi connectivity index (χ0v) is 11.8. The third-order valence-corrected chi connectivity index (χ3v) is 4.87. The van der Waals surface area contributed by atoms with Gasteiger partial charge in [-0.2, -0.15) is 0 Å². The Morgan fingerprint density at radius 3 is 2.68 bits per heavy atom. The van der Waals surface area contributed by atoms with E-state index in [9.17, 15) is 13.5 Å². The Morgan fingerprint density at radius 2 is 2.16 bits per heavy atom. The maximum Gasteiger partial charge on any atom is 0.274 e. The zero-order valence-electron chi connectivity index (χ0n) is 11.0. The summed E-state index contributed by atoms with van der Waals surface area (Å²) in [5.41, 5.74) is -0.701. The molecule has 0 bridgehead atoms. The summed E-state index contributed by atoms with van der Waals surface area (Å²) < 4.78 is 32.2. The van der Waals surface area contributed by atoms with Gasteiger partial charge in [0.2, 0.25) is 5.09 Å². The second kappa shape index (κ2) is 5.62. The number of sulfonamides is 1. The van der Waals surface area contributed by atoms with E-state index < -0.39 is 15.6 Å². The molecule has 1 fully saturated rings. The molecular formula is C12H20N2O4S. The van der Waals surface area contributed by atoms with Crippen LogP contribution in [0.25, 0.3) is 0 Å². The highest BCUT2D eigenvalue weighted by Crippen LogP contribution is 2.33. The van der Waals surface area contributed by atoms with Crippen LogP contribution in [0.2, 0.25) is 0 Å². The molecule has 1 aliphatic carbocycles. The maximum absolute atomic E-state index is 12.2. The molecule has 108 valence electrons. The number of furan rings is 1. The van der Waals surface area contributed by atoms with E-state index in [4.69, 9.17) is 4.42 Å². The summed E-state index contributed by atoms with van der Waals surface area (Å²) >= 11 is 0. The molecule has 7 heteroatoms. The van der Waals surface area contributed by atoms with Gasteiger partial charge in [0.25, 0.3) is 10.0 Å². The Balaban J connectivity index is 2.08. The molecular weight excluding hydrogens is 268 g/mol. The third-order valence-electron chi connectivity index (χ3n) is 3.42. The first kappa shape index (κ1) is 14.5. The van der Waals surface area contributed by atoms with E-state index in [2.05, 4.69) is 10.0 Å². The highest BCUT2D eigenvalue weighted by Gasteiger charge is 2.41. The first-order chi connectivity index (χ1) is 9.01. The molecule has 1 aliphatic rings. The summed E-state index contributed by atoms with van der Waals surface area (Å²) in [6, 6.07) is 3.09. The number of aliphatic hydroxyl groups is 1. The molecule has 1 saturated carbocycles. The molecule has 19 heavy (non-hydrogen) atoms. The van der Waals surface area contributed by atoms with E-state index in [1.165, 1.54) is 6.07 Å². The largest absolute Gasteiger partial charge is 0.447 e. The van der Waals surface area contributed by atoms with Crippen LogP contribution < -0.4 is 10.0 Å². The Labute approximate surface area is 113 Å². The molecule has 1 heterocycles. The monoisotopic (exact) mass is 288 g/mol. The lowest BCUT2D eigenvalue weighted by atomic mass is 9.78. The third kappa shape index (κ3) is 3.17. The van der Waals surface area contributed by atoms with Crippen molar-refractivity contribution in [2.24, 2.45) is 0 Å². The van der Waals surface area contributed by atoms with Gasteiger partial charge < -0.3 is 14.8 Å². The summed E-state index contributed by atoms with van der Waals surface area (Å²) in [4.78, 5) is 0. The molecule has 0 unspecified atom stereocenters. The Morgan fingerprint density at radius 1 is 1.42 bits per heavy atom. The molecule has 6 nitrogen and oxygen atoms in total. The molecule has 1 aromatic heterocycles. The lowest BCUT2D eigenvalue weighted by Gasteiger charge is -2.40. The zero-order chi connectivity index (χ0) is 13.9. The van der Waals surface area contributed by atoms with Gasteiger partial charge in [-0.15, -0.1) is 0 Å². The van der Waals surface area contributed by atoms with Crippen molar-refractivity contribution in [2.75, 3.05) is 13.2 Å². The van der Waals surface area contributed by atoms with Crippen molar-refractivity contribution >= 4 is 10.0 Å². The summed E-state index contributed by atoms with van der Waals surface area (Å²) in [6.07, 6.45) is 2.24. The smallest absolute Gasteiger partial charge is 0.274 e. The predicted molar refractivity (Wildman–Crippen MR) is 70.1 cm³/mol. The second-order valence-corrected chi connectivity index (χ2v) is 6.51. The number of nitrogens with one attached hydrogen (secondary N) is 2. The van der Waals surface area contributed by atoms with Crippen LogP contribution in [0, 0.1) is 0 Å². The predicted octanol–water partition coefficient (Wildman–Crippen LogP) is 0.582. The molecule has 0 aliphatic heterocycles. The topological polar surface area (TPSA) is 91.6 Å². The first-order valence-electron chi connectivity index (χ1n) is 6.46. The average Bonchev–Trinajstić information content (AvgIpc) is 2.81. The van der Waals surface area contributed by atoms with Gasteiger partial charge in [0.15, 0.2) is 0 Å². The van der Waals surface area contributed by atoms with Crippen LogP contribution in [0.15, 0.2) is 21.6 Å². The van der Waals surface area contributed by atoms with E-state index in [0.717, 1.165) is 13.0 Å². The number of rotatable bonds is 7. The highest BCUT2D eigenvalue weighted by molar-refractivity contribution is 7.89. The Bertz CT molecular complexity index is 514. The van der Waals surface area contributed by atoms with E-state index in [1.54, 1.807) is 6.07 Å². The van der Waals surface area contributed by atoms with Crippen LogP contribution in [0.1, 0.15) is 31.9 Å². The number of aliphatic hydroxyl groups excluding tert-OH is 1. The molecule has 0 radical (unpaired) electrons. The fourth-order valence-electron chi connectivity index (χ4n) is 2.08. The maximum atomic E-state index is 12.2. The van der Waals surface area contributed by atoms with Gasteiger partial charge in [0, 0.05) is 0 Å². The second-order valence-electron chi connectivity index (χ2n) is 4.90. The van der Waals surface area contributed by atoms with E-state index in [1.807, 2.05) is 6.92 Å². The van der Waals surface area contributed by atoms with Gasteiger partial charge in [-0.3, -0.25) is 0 Å². The van der Waals surface area contributed by atoms with Crippen molar-refractivity contribution in [3.05, 3.63) is 17.9 Å². The molecule has 0 atom stereocenters. The van der Waals surface area contributed by atoms with Crippen molar-refractivity contribution in [2.45, 2.75) is 43.4 Å². The first-order valence-corrected chi connectivity index (χ1v) is 7.94. The van der Waals surface area contributed by atoms with E-state index in [0.29, 0.717) is 25.1 Å². The fourth-order valence-corrected chi connectivity index (χ4v) is 3.48. The lowest BCUT2D eigenvalue weighted by Crippen LogP contribution is -2.55. The Kier molecular flexibility index (Phi) is 4.29. The average molecular weight is 288 g/mol. The van der Waals surface area contributed by atoms with Crippen LogP contribution in [0.5, 0.6) is 0 Å². The number of hydrogen-bond acceptors (Lipinski definition) is 5. The van der Waals surface area contributed by atoms with Crippen molar-refractivity contribution in [1.82, 2.24) is 10.0 Å². The van der Waals surface area contributed by atoms with Gasteiger partial charge in [-0.1, -0.05) is 6.92 Å². The molecule has 2 rings (SSSR count). The van der Waals surface area contributed by atoms with Crippen molar-refractivity contribution < 1.29 is 17.9 Å². The Hall–Kier alpha value is -0.890. The molecule has 3 N–H and O–H groups in total. The van der Waals surface area contributed by atoms with Crippen molar-refractivity contribution in [3.8, 4) is 0 Å². The summed E-state index contributed by atoms with van der Waals surface area (Å²) in [5, 5.41) is 12.3. The summed E-state index contributed by atoms with van der Waals surface area (Å²) in [7, 11) is -3.70. The van der Waals surface area contributed by atoms with Gasteiger partial charge in [-0.25, -0.2) is 13.1 Å². The molecule has 0 saturated heterocycles. The van der Waals surface area contributed by atoms with Crippen molar-refractivity contribution in [1.29, 1.82) is 0 Å². The lowest BCUT2D eigenvalue weighted by molar-refractivity contribution is 0.110. The molecule has 0 spiro atoms. The minimum absolute atomic E-state index is 0.0971. The van der Waals surface area contributed by atoms with E-state index in [-0.39, 0.29) is 11.7 Å². The van der Waals surface area contributed by atoms with Crippen LogP contribution in [0.3, 0.4) is 0 Å². The fraction of sp³-hybridized carbons (Fsp3) is 0.667. The van der Waals surface area contributed by atoms with Gasteiger partial charge in [0.1, 0.15) is 5.76 Å². The van der Waals surface area contributed by atoms with Crippen LogP contribution in [-0.2, 0) is 16.6 Å². The van der Waals surface area contributed by atoms with Gasteiger partial charge in [0.05, 0.1) is 18.7 Å². The van der Waals surface area contributed by atoms with Crippen LogP contribution in [-0.4, -0.2) is 32.2 Å². The quantitative estimate of drug-likeness (QED) is 0.683.